The van der Waals surface area contributed by atoms with Crippen LogP contribution in [0.2, 0.25) is 0 Å². The van der Waals surface area contributed by atoms with E-state index in [1.54, 1.807) is 0 Å². The van der Waals surface area contributed by atoms with Gasteiger partial charge in [0.1, 0.15) is 0 Å². The number of ether oxygens (including phenoxy) is 1. The number of fused-ring (bicyclic) bond motifs is 3. The molecule has 0 fully saturated rings. The maximum absolute atomic E-state index is 14.1. The standard InChI is InChI=1S/C16H17F4NO2/c17-11(18)7-21-12(22)4-2-8-1-3-9-13(8)10-5-6-23-16(10)15(20)14(9)19/h8,11H,1-7H2,(H,21,22). The van der Waals surface area contributed by atoms with E-state index in [-0.39, 0.29) is 18.1 Å². The second kappa shape index (κ2) is 6.37. The summed E-state index contributed by atoms with van der Waals surface area (Å²) in [5.41, 5.74) is 1.84. The number of nitrogens with one attached hydrogen (secondary N) is 1. The van der Waals surface area contributed by atoms with E-state index < -0.39 is 30.5 Å². The number of hydrogen-bond acceptors (Lipinski definition) is 2. The molecule has 0 saturated carbocycles. The van der Waals surface area contributed by atoms with Crippen molar-refractivity contribution < 1.29 is 27.1 Å². The Labute approximate surface area is 131 Å². The number of halogens is 4. The Bertz CT molecular complexity index is 633. The summed E-state index contributed by atoms with van der Waals surface area (Å²) in [6, 6.07) is 0. The molecule has 1 aromatic carbocycles. The SMILES string of the molecule is O=C(CCC1CCc2c(F)c(F)c3c(c21)CCO3)NCC(F)F. The van der Waals surface area contributed by atoms with Crippen molar-refractivity contribution in [3.05, 3.63) is 28.3 Å². The average Bonchev–Trinajstić information content (AvgIpc) is 3.14. The van der Waals surface area contributed by atoms with Gasteiger partial charge in [-0.15, -0.1) is 0 Å². The zero-order chi connectivity index (χ0) is 16.6. The minimum Gasteiger partial charge on any atom is -0.490 e. The van der Waals surface area contributed by atoms with Gasteiger partial charge in [0.05, 0.1) is 13.2 Å². The Hall–Kier alpha value is -1.79. The first-order chi connectivity index (χ1) is 11.0. The van der Waals surface area contributed by atoms with E-state index in [9.17, 15) is 22.4 Å². The van der Waals surface area contributed by atoms with Crippen molar-refractivity contribution in [2.45, 2.75) is 44.4 Å². The predicted molar refractivity (Wildman–Crippen MR) is 74.9 cm³/mol. The number of carbonyl (C=O) groups is 1. The van der Waals surface area contributed by atoms with Crippen LogP contribution in [0.5, 0.6) is 5.75 Å². The third kappa shape index (κ3) is 3.01. The zero-order valence-corrected chi connectivity index (χ0v) is 12.4. The maximum atomic E-state index is 14.1. The van der Waals surface area contributed by atoms with Crippen LogP contribution in [0, 0.1) is 11.6 Å². The summed E-state index contributed by atoms with van der Waals surface area (Å²) >= 11 is 0. The van der Waals surface area contributed by atoms with E-state index >= 15 is 0 Å². The van der Waals surface area contributed by atoms with Gasteiger partial charge in [-0.2, -0.15) is 4.39 Å². The van der Waals surface area contributed by atoms with E-state index in [1.807, 2.05) is 0 Å². The highest BCUT2D eigenvalue weighted by Gasteiger charge is 2.35. The summed E-state index contributed by atoms with van der Waals surface area (Å²) in [6.07, 6.45) is -0.476. The van der Waals surface area contributed by atoms with Crippen molar-refractivity contribution in [2.24, 2.45) is 0 Å². The van der Waals surface area contributed by atoms with Crippen LogP contribution in [0.1, 0.15) is 41.9 Å². The van der Waals surface area contributed by atoms with Crippen LogP contribution in [0.3, 0.4) is 0 Å². The minimum atomic E-state index is -2.58. The van der Waals surface area contributed by atoms with Crippen LogP contribution in [-0.4, -0.2) is 25.5 Å². The third-order valence-corrected chi connectivity index (χ3v) is 4.50. The van der Waals surface area contributed by atoms with Crippen molar-refractivity contribution in [1.82, 2.24) is 5.32 Å². The third-order valence-electron chi connectivity index (χ3n) is 4.50. The molecule has 1 aliphatic carbocycles. The lowest BCUT2D eigenvalue weighted by atomic mass is 9.90. The van der Waals surface area contributed by atoms with Crippen LogP contribution in [0.15, 0.2) is 0 Å². The van der Waals surface area contributed by atoms with Gasteiger partial charge in [-0.05, 0) is 36.3 Å². The van der Waals surface area contributed by atoms with Gasteiger partial charge in [0.25, 0.3) is 6.43 Å². The van der Waals surface area contributed by atoms with E-state index in [1.165, 1.54) is 0 Å². The molecule has 1 aliphatic heterocycles. The molecular weight excluding hydrogens is 314 g/mol. The van der Waals surface area contributed by atoms with E-state index in [2.05, 4.69) is 5.32 Å². The van der Waals surface area contributed by atoms with Crippen molar-refractivity contribution in [3.63, 3.8) is 0 Å². The fourth-order valence-electron chi connectivity index (χ4n) is 3.51. The molecule has 0 radical (unpaired) electrons. The lowest BCUT2D eigenvalue weighted by molar-refractivity contribution is -0.121. The molecule has 3 rings (SSSR count). The molecule has 0 spiro atoms. The number of amides is 1. The van der Waals surface area contributed by atoms with Crippen LogP contribution < -0.4 is 10.1 Å². The molecule has 1 atom stereocenters. The average molecular weight is 331 g/mol. The van der Waals surface area contributed by atoms with Gasteiger partial charge in [-0.1, -0.05) is 0 Å². The first kappa shape index (κ1) is 16.1. The largest absolute Gasteiger partial charge is 0.490 e. The molecule has 1 unspecified atom stereocenters. The van der Waals surface area contributed by atoms with Gasteiger partial charge < -0.3 is 10.1 Å². The molecule has 7 heteroatoms. The Morgan fingerprint density at radius 1 is 1.22 bits per heavy atom. The van der Waals surface area contributed by atoms with Crippen molar-refractivity contribution in [1.29, 1.82) is 0 Å². The summed E-state index contributed by atoms with van der Waals surface area (Å²) in [7, 11) is 0. The summed E-state index contributed by atoms with van der Waals surface area (Å²) in [6.45, 7) is -0.340. The number of benzene rings is 1. The number of carbonyl (C=O) groups excluding carboxylic acids is 1. The summed E-state index contributed by atoms with van der Waals surface area (Å²) in [5, 5.41) is 2.16. The highest BCUT2D eigenvalue weighted by Crippen LogP contribution is 2.46. The molecule has 0 aromatic heterocycles. The highest BCUT2D eigenvalue weighted by molar-refractivity contribution is 5.76. The summed E-state index contributed by atoms with van der Waals surface area (Å²) in [4.78, 5) is 11.6. The smallest absolute Gasteiger partial charge is 0.255 e. The predicted octanol–water partition coefficient (Wildman–Crippen LogP) is 3.09. The lowest BCUT2D eigenvalue weighted by Gasteiger charge is -2.16. The molecule has 0 bridgehead atoms. The van der Waals surface area contributed by atoms with E-state index in [4.69, 9.17) is 4.74 Å². The van der Waals surface area contributed by atoms with Gasteiger partial charge in [0, 0.05) is 18.4 Å². The molecule has 2 aliphatic rings. The van der Waals surface area contributed by atoms with Gasteiger partial charge in [-0.25, -0.2) is 13.2 Å². The fraction of sp³-hybridized carbons (Fsp3) is 0.562. The molecule has 1 heterocycles. The van der Waals surface area contributed by atoms with Crippen LogP contribution >= 0.6 is 0 Å². The summed E-state index contributed by atoms with van der Waals surface area (Å²) in [5.74, 6) is -2.30. The van der Waals surface area contributed by atoms with Crippen LogP contribution in [0.4, 0.5) is 17.6 Å². The fourth-order valence-corrected chi connectivity index (χ4v) is 3.51. The molecular formula is C16H17F4NO2. The number of alkyl halides is 2. The quantitative estimate of drug-likeness (QED) is 0.842. The van der Waals surface area contributed by atoms with Crippen LogP contribution in [-0.2, 0) is 17.6 Å². The number of rotatable bonds is 5. The molecule has 0 saturated heterocycles. The Morgan fingerprint density at radius 2 is 2.00 bits per heavy atom. The molecule has 1 N–H and O–H groups in total. The normalized spacial score (nSPS) is 18.7. The van der Waals surface area contributed by atoms with Gasteiger partial charge >= 0.3 is 0 Å². The van der Waals surface area contributed by atoms with E-state index in [0.717, 1.165) is 5.56 Å². The highest BCUT2D eigenvalue weighted by atomic mass is 19.3. The molecule has 126 valence electrons. The van der Waals surface area contributed by atoms with Gasteiger partial charge in [0.2, 0.25) is 11.7 Å². The monoisotopic (exact) mass is 331 g/mol. The van der Waals surface area contributed by atoms with Crippen molar-refractivity contribution in [3.8, 4) is 5.75 Å². The Morgan fingerprint density at radius 3 is 2.74 bits per heavy atom. The van der Waals surface area contributed by atoms with Gasteiger partial charge in [0.15, 0.2) is 11.6 Å². The summed E-state index contributed by atoms with van der Waals surface area (Å²) < 4.78 is 57.4. The van der Waals surface area contributed by atoms with Crippen molar-refractivity contribution in [2.75, 3.05) is 13.2 Å². The topological polar surface area (TPSA) is 38.3 Å². The maximum Gasteiger partial charge on any atom is 0.255 e. The molecule has 23 heavy (non-hydrogen) atoms. The van der Waals surface area contributed by atoms with E-state index in [0.29, 0.717) is 43.4 Å². The second-order valence-electron chi connectivity index (χ2n) is 5.90. The number of hydrogen-bond donors (Lipinski definition) is 1. The minimum absolute atomic E-state index is 0.00435. The lowest BCUT2D eigenvalue weighted by Crippen LogP contribution is -2.28. The zero-order valence-electron chi connectivity index (χ0n) is 12.4. The van der Waals surface area contributed by atoms with Gasteiger partial charge in [-0.3, -0.25) is 4.79 Å². The second-order valence-corrected chi connectivity index (χ2v) is 5.90. The molecule has 1 amide bonds. The Kier molecular flexibility index (Phi) is 4.46. The molecule has 1 aromatic rings. The first-order valence-electron chi connectivity index (χ1n) is 7.69. The van der Waals surface area contributed by atoms with Crippen molar-refractivity contribution >= 4 is 5.91 Å². The molecule has 3 nitrogen and oxygen atoms in total. The Balaban J connectivity index is 1.74. The van der Waals surface area contributed by atoms with Crippen LogP contribution in [0.25, 0.3) is 0 Å². The first-order valence-corrected chi connectivity index (χ1v) is 7.69.